The van der Waals surface area contributed by atoms with E-state index in [1.54, 1.807) is 12.1 Å². The van der Waals surface area contributed by atoms with Gasteiger partial charge in [0.15, 0.2) is 0 Å². The van der Waals surface area contributed by atoms with Crippen molar-refractivity contribution >= 4 is 54.6 Å². The van der Waals surface area contributed by atoms with Crippen LogP contribution in [0.1, 0.15) is 11.1 Å². The van der Waals surface area contributed by atoms with Gasteiger partial charge >= 0.3 is 0 Å². The molecule has 0 amide bonds. The molecule has 2 aliphatic heterocycles. The smallest absolute Gasteiger partial charge is 0.290 e. The summed E-state index contributed by atoms with van der Waals surface area (Å²) < 4.78 is 0.862. The summed E-state index contributed by atoms with van der Waals surface area (Å²) in [4.78, 5) is 26.1. The number of nitro benzene ring substituents is 2. The highest BCUT2D eigenvalue weighted by Crippen LogP contribution is 2.46. The van der Waals surface area contributed by atoms with Crippen LogP contribution in [0.2, 0.25) is 0 Å². The van der Waals surface area contributed by atoms with E-state index in [4.69, 9.17) is 0 Å². The van der Waals surface area contributed by atoms with E-state index in [0.29, 0.717) is 39.8 Å². The molecule has 0 spiro atoms. The molecule has 0 saturated heterocycles. The van der Waals surface area contributed by atoms with Crippen LogP contribution in [0.15, 0.2) is 33.2 Å². The Bertz CT molecular complexity index is 874. The molecule has 2 heterocycles. The number of hydrogen-bond acceptors (Lipinski definition) is 6. The molecule has 0 aromatic heterocycles. The first-order valence-corrected chi connectivity index (χ1v) is 8.88. The standard InChI is InChI=1S/C15H10Br2N4O4/c16-10-1-3-12-8(14(10)20(22)23)5-19-7-18(12)6-9-13(19)4-2-11(17)15(9)21(24)25/h1-4H,5-7H2. The Hall–Kier alpha value is -2.20. The van der Waals surface area contributed by atoms with Gasteiger partial charge < -0.3 is 9.80 Å². The van der Waals surface area contributed by atoms with Crippen LogP contribution < -0.4 is 9.80 Å². The summed E-state index contributed by atoms with van der Waals surface area (Å²) in [6, 6.07) is 6.94. The van der Waals surface area contributed by atoms with E-state index < -0.39 is 9.85 Å². The van der Waals surface area contributed by atoms with Crippen LogP contribution in [0, 0.1) is 20.2 Å². The highest BCUT2D eigenvalue weighted by Gasteiger charge is 2.38. The first-order valence-electron chi connectivity index (χ1n) is 7.30. The molecule has 0 unspecified atom stereocenters. The molecule has 0 aliphatic carbocycles. The monoisotopic (exact) mass is 468 g/mol. The molecule has 0 N–H and O–H groups in total. The fourth-order valence-electron chi connectivity index (χ4n) is 3.50. The van der Waals surface area contributed by atoms with Gasteiger partial charge in [0.1, 0.15) is 0 Å². The third-order valence-corrected chi connectivity index (χ3v) is 5.78. The van der Waals surface area contributed by atoms with Gasteiger partial charge in [-0.15, -0.1) is 0 Å². The molecule has 0 radical (unpaired) electrons. The summed E-state index contributed by atoms with van der Waals surface area (Å²) in [7, 11) is 0. The molecule has 128 valence electrons. The van der Waals surface area contributed by atoms with Crippen LogP contribution >= 0.6 is 31.9 Å². The average molecular weight is 470 g/mol. The Balaban J connectivity index is 1.90. The Morgan fingerprint density at radius 3 is 1.56 bits per heavy atom. The van der Waals surface area contributed by atoms with Crippen molar-refractivity contribution in [1.29, 1.82) is 0 Å². The molecule has 25 heavy (non-hydrogen) atoms. The predicted molar refractivity (Wildman–Crippen MR) is 98.8 cm³/mol. The van der Waals surface area contributed by atoms with Crippen molar-refractivity contribution < 1.29 is 9.85 Å². The van der Waals surface area contributed by atoms with Crippen LogP contribution in [0.4, 0.5) is 22.7 Å². The van der Waals surface area contributed by atoms with E-state index in [1.807, 2.05) is 21.9 Å². The van der Waals surface area contributed by atoms with E-state index in [-0.39, 0.29) is 11.4 Å². The van der Waals surface area contributed by atoms with E-state index in [9.17, 15) is 20.2 Å². The number of hydrogen-bond donors (Lipinski definition) is 0. The van der Waals surface area contributed by atoms with Gasteiger partial charge in [0.25, 0.3) is 11.4 Å². The van der Waals surface area contributed by atoms with Crippen LogP contribution in [0.3, 0.4) is 0 Å². The lowest BCUT2D eigenvalue weighted by atomic mass is 9.99. The third-order valence-electron chi connectivity index (χ3n) is 4.50. The minimum absolute atomic E-state index is 0.0438. The second-order valence-electron chi connectivity index (χ2n) is 5.84. The molecule has 10 heteroatoms. The first kappa shape index (κ1) is 16.3. The lowest BCUT2D eigenvalue weighted by molar-refractivity contribution is -0.386. The summed E-state index contributed by atoms with van der Waals surface area (Å²) in [6.07, 6.45) is 0. The van der Waals surface area contributed by atoms with Crippen LogP contribution in [-0.2, 0) is 13.1 Å². The number of nitrogens with zero attached hydrogens (tertiary/aromatic N) is 4. The summed E-state index contributed by atoms with van der Waals surface area (Å²) in [5, 5.41) is 23.0. The van der Waals surface area contributed by atoms with Crippen molar-refractivity contribution in [2.75, 3.05) is 16.5 Å². The van der Waals surface area contributed by atoms with Gasteiger partial charge in [-0.1, -0.05) is 0 Å². The second kappa shape index (κ2) is 5.67. The van der Waals surface area contributed by atoms with Gasteiger partial charge in [-0.05, 0) is 56.1 Å². The lowest BCUT2D eigenvalue weighted by Crippen LogP contribution is -2.46. The molecular formula is C15H10Br2N4O4. The second-order valence-corrected chi connectivity index (χ2v) is 7.55. The Morgan fingerprint density at radius 2 is 1.20 bits per heavy atom. The molecule has 2 bridgehead atoms. The van der Waals surface area contributed by atoms with Gasteiger partial charge in [0.05, 0.1) is 61.1 Å². The van der Waals surface area contributed by atoms with Gasteiger partial charge in [-0.2, -0.15) is 0 Å². The van der Waals surface area contributed by atoms with Gasteiger partial charge in [-0.25, -0.2) is 0 Å². The third kappa shape index (κ3) is 2.39. The molecule has 2 aromatic carbocycles. The van der Waals surface area contributed by atoms with Gasteiger partial charge in [-0.3, -0.25) is 20.2 Å². The maximum atomic E-state index is 11.5. The maximum Gasteiger partial charge on any atom is 0.290 e. The molecule has 2 aromatic rings. The average Bonchev–Trinajstić information content (AvgIpc) is 2.53. The largest absolute Gasteiger partial charge is 0.349 e. The van der Waals surface area contributed by atoms with Gasteiger partial charge in [0, 0.05) is 0 Å². The predicted octanol–water partition coefficient (Wildman–Crippen LogP) is 4.33. The molecular weight excluding hydrogens is 460 g/mol. The van der Waals surface area contributed by atoms with Crippen molar-refractivity contribution in [3.63, 3.8) is 0 Å². The topological polar surface area (TPSA) is 92.8 Å². The summed E-state index contributed by atoms with van der Waals surface area (Å²) in [6.45, 7) is 1.19. The Labute approximate surface area is 158 Å². The van der Waals surface area contributed by atoms with E-state index in [0.717, 1.165) is 11.4 Å². The molecule has 4 rings (SSSR count). The van der Waals surface area contributed by atoms with Crippen LogP contribution in [-0.4, -0.2) is 16.5 Å². The van der Waals surface area contributed by atoms with Gasteiger partial charge in [0.2, 0.25) is 0 Å². The number of nitro groups is 2. The van der Waals surface area contributed by atoms with E-state index >= 15 is 0 Å². The zero-order valence-electron chi connectivity index (χ0n) is 12.6. The summed E-state index contributed by atoms with van der Waals surface area (Å²) in [5.41, 5.74) is 2.80. The Kier molecular flexibility index (Phi) is 3.69. The molecule has 0 saturated carbocycles. The van der Waals surface area contributed by atoms with Crippen molar-refractivity contribution in [3.8, 4) is 0 Å². The maximum absolute atomic E-state index is 11.5. The quantitative estimate of drug-likeness (QED) is 0.480. The van der Waals surface area contributed by atoms with Crippen molar-refractivity contribution in [2.24, 2.45) is 0 Å². The van der Waals surface area contributed by atoms with E-state index in [1.165, 1.54) is 0 Å². The molecule has 2 aliphatic rings. The zero-order chi connectivity index (χ0) is 17.9. The SMILES string of the molecule is O=[N+]([O-])c1c(Br)ccc2c1CN1CN2Cc2c1ccc(Br)c2[N+](=O)[O-]. The molecule has 8 nitrogen and oxygen atoms in total. The fraction of sp³-hybridized carbons (Fsp3) is 0.200. The van der Waals surface area contributed by atoms with Crippen molar-refractivity contribution in [2.45, 2.75) is 13.1 Å². The normalized spacial score (nSPS) is 14.8. The minimum Gasteiger partial charge on any atom is -0.349 e. The van der Waals surface area contributed by atoms with Crippen LogP contribution in [0.25, 0.3) is 0 Å². The number of fused-ring (bicyclic) bond motifs is 6. The minimum atomic E-state index is -0.392. The fourth-order valence-corrected chi connectivity index (χ4v) is 4.54. The summed E-state index contributed by atoms with van der Waals surface area (Å²) >= 11 is 6.51. The van der Waals surface area contributed by atoms with Crippen molar-refractivity contribution in [3.05, 3.63) is 64.6 Å². The Morgan fingerprint density at radius 1 is 0.800 bits per heavy atom. The molecule has 0 fully saturated rings. The number of benzene rings is 2. The number of anilines is 2. The van der Waals surface area contributed by atoms with Crippen molar-refractivity contribution in [1.82, 2.24) is 0 Å². The number of halogens is 2. The molecule has 0 atom stereocenters. The highest BCUT2D eigenvalue weighted by molar-refractivity contribution is 9.11. The number of rotatable bonds is 2. The summed E-state index contributed by atoms with van der Waals surface area (Å²) in [5.74, 6) is 0. The first-order chi connectivity index (χ1) is 11.9. The lowest BCUT2D eigenvalue weighted by Gasteiger charge is -2.44. The van der Waals surface area contributed by atoms with E-state index in [2.05, 4.69) is 31.9 Å². The highest BCUT2D eigenvalue weighted by atomic mass is 79.9. The zero-order valence-corrected chi connectivity index (χ0v) is 15.8. The van der Waals surface area contributed by atoms with Crippen LogP contribution in [0.5, 0.6) is 0 Å².